The Morgan fingerprint density at radius 3 is 2.50 bits per heavy atom. The molecule has 0 bridgehead atoms. The Kier molecular flexibility index (Phi) is 9.02. The number of anilines is 1. The molecule has 9 nitrogen and oxygen atoms in total. The highest BCUT2D eigenvalue weighted by atomic mass is 32.2. The molecule has 1 heterocycles. The van der Waals surface area contributed by atoms with Crippen molar-refractivity contribution in [3.63, 3.8) is 0 Å². The average molecular weight is 508 g/mol. The molecule has 0 aliphatic carbocycles. The second-order valence-electron chi connectivity index (χ2n) is 8.53. The van der Waals surface area contributed by atoms with Crippen LogP contribution in [0.3, 0.4) is 0 Å². The van der Waals surface area contributed by atoms with E-state index < -0.39 is 12.0 Å². The Labute approximate surface area is 214 Å². The van der Waals surface area contributed by atoms with Gasteiger partial charge in [0.25, 0.3) is 5.91 Å². The Balaban J connectivity index is 1.74. The van der Waals surface area contributed by atoms with Gasteiger partial charge in [0.15, 0.2) is 11.0 Å². The molecule has 2 amide bonds. The van der Waals surface area contributed by atoms with Gasteiger partial charge in [0.2, 0.25) is 5.91 Å². The molecule has 3 N–H and O–H groups in total. The molecule has 0 radical (unpaired) electrons. The van der Waals surface area contributed by atoms with Gasteiger partial charge in [-0.25, -0.2) is 4.79 Å². The molecule has 0 aliphatic heterocycles. The van der Waals surface area contributed by atoms with Gasteiger partial charge in [-0.3, -0.25) is 9.59 Å². The number of aryl methyl sites for hydroxylation is 1. The smallest absolute Gasteiger partial charge is 0.335 e. The molecule has 0 fully saturated rings. The summed E-state index contributed by atoms with van der Waals surface area (Å²) in [5.74, 6) is -0.959. The number of amides is 2. The fourth-order valence-corrected chi connectivity index (χ4v) is 4.29. The van der Waals surface area contributed by atoms with E-state index in [-0.39, 0.29) is 29.0 Å². The van der Waals surface area contributed by atoms with Crippen LogP contribution in [0.15, 0.2) is 66.3 Å². The van der Waals surface area contributed by atoms with E-state index >= 15 is 0 Å². The summed E-state index contributed by atoms with van der Waals surface area (Å²) in [6, 6.07) is 13.0. The molecule has 0 saturated heterocycles. The van der Waals surface area contributed by atoms with Crippen molar-refractivity contribution in [2.75, 3.05) is 11.1 Å². The molecule has 0 spiro atoms. The minimum Gasteiger partial charge on any atom is -0.478 e. The molecule has 0 unspecified atom stereocenters. The van der Waals surface area contributed by atoms with Gasteiger partial charge in [0, 0.05) is 17.8 Å². The molecule has 2 aromatic carbocycles. The van der Waals surface area contributed by atoms with Gasteiger partial charge in [-0.15, -0.1) is 16.8 Å². The van der Waals surface area contributed by atoms with Crippen molar-refractivity contribution in [2.45, 2.75) is 38.5 Å². The van der Waals surface area contributed by atoms with Crippen molar-refractivity contribution in [1.29, 1.82) is 0 Å². The van der Waals surface area contributed by atoms with Crippen LogP contribution < -0.4 is 10.6 Å². The number of aromatic carboxylic acids is 1. The minimum atomic E-state index is -1.07. The third-order valence-corrected chi connectivity index (χ3v) is 6.26. The zero-order chi connectivity index (χ0) is 26.2. The van der Waals surface area contributed by atoms with Crippen LogP contribution in [0.5, 0.6) is 0 Å². The molecular formula is C26H29N5O4S. The number of thioether (sulfide) groups is 1. The van der Waals surface area contributed by atoms with E-state index in [0.29, 0.717) is 28.8 Å². The summed E-state index contributed by atoms with van der Waals surface area (Å²) in [6.07, 6.45) is 1.70. The minimum absolute atomic E-state index is 0.0224. The van der Waals surface area contributed by atoms with Gasteiger partial charge in [-0.05, 0) is 43.2 Å². The van der Waals surface area contributed by atoms with Crippen LogP contribution in [0.2, 0.25) is 0 Å². The monoisotopic (exact) mass is 507 g/mol. The number of carbonyl (C=O) groups is 3. The SMILES string of the molecule is C=CCn1c(SCC(=O)Nc2cccc(C(=O)O)c2)nnc1[C@H](NC(=O)c1cccc(C)c1)C(C)C. The van der Waals surface area contributed by atoms with E-state index in [1.54, 1.807) is 24.3 Å². The number of carboxylic acid groups (broad SMARTS) is 1. The summed E-state index contributed by atoms with van der Waals surface area (Å²) < 4.78 is 1.83. The summed E-state index contributed by atoms with van der Waals surface area (Å²) >= 11 is 1.19. The van der Waals surface area contributed by atoms with Crippen molar-refractivity contribution < 1.29 is 19.5 Å². The predicted octanol–water partition coefficient (Wildman–Crippen LogP) is 4.33. The van der Waals surface area contributed by atoms with Crippen LogP contribution >= 0.6 is 11.8 Å². The quantitative estimate of drug-likeness (QED) is 0.260. The molecule has 0 saturated carbocycles. The molecule has 3 rings (SSSR count). The maximum Gasteiger partial charge on any atom is 0.335 e. The number of hydrogen-bond donors (Lipinski definition) is 3. The van der Waals surface area contributed by atoms with Crippen molar-refractivity contribution in [3.05, 3.63) is 83.7 Å². The number of carboxylic acids is 1. The van der Waals surface area contributed by atoms with Gasteiger partial charge in [0.05, 0.1) is 17.4 Å². The fourth-order valence-electron chi connectivity index (χ4n) is 3.53. The highest BCUT2D eigenvalue weighted by molar-refractivity contribution is 7.99. The van der Waals surface area contributed by atoms with Crippen molar-refractivity contribution in [3.8, 4) is 0 Å². The summed E-state index contributed by atoms with van der Waals surface area (Å²) in [5.41, 5.74) is 2.04. The molecule has 1 atom stereocenters. The molecule has 188 valence electrons. The lowest BCUT2D eigenvalue weighted by atomic mass is 10.0. The van der Waals surface area contributed by atoms with E-state index in [1.807, 2.05) is 43.5 Å². The second-order valence-corrected chi connectivity index (χ2v) is 9.47. The number of hydrogen-bond acceptors (Lipinski definition) is 6. The van der Waals surface area contributed by atoms with Crippen molar-refractivity contribution in [1.82, 2.24) is 20.1 Å². The highest BCUT2D eigenvalue weighted by Crippen LogP contribution is 2.26. The molecule has 1 aromatic heterocycles. The van der Waals surface area contributed by atoms with Crippen LogP contribution in [0.4, 0.5) is 5.69 Å². The normalized spacial score (nSPS) is 11.7. The van der Waals surface area contributed by atoms with E-state index in [0.717, 1.165) is 5.56 Å². The first-order valence-electron chi connectivity index (χ1n) is 11.4. The summed E-state index contributed by atoms with van der Waals surface area (Å²) in [4.78, 5) is 36.6. The Bertz CT molecular complexity index is 1270. The van der Waals surface area contributed by atoms with Crippen LogP contribution in [0, 0.1) is 12.8 Å². The van der Waals surface area contributed by atoms with Gasteiger partial charge in [-0.2, -0.15) is 0 Å². The number of nitrogens with zero attached hydrogens (tertiary/aromatic N) is 3. The maximum atomic E-state index is 12.9. The first-order chi connectivity index (χ1) is 17.2. The van der Waals surface area contributed by atoms with Crippen LogP contribution in [0.1, 0.15) is 52.0 Å². The Hall–Kier alpha value is -3.92. The molecular weight excluding hydrogens is 478 g/mol. The lowest BCUT2D eigenvalue weighted by Gasteiger charge is -2.22. The Morgan fingerprint density at radius 2 is 1.83 bits per heavy atom. The Morgan fingerprint density at radius 1 is 1.11 bits per heavy atom. The molecule has 10 heteroatoms. The lowest BCUT2D eigenvalue weighted by molar-refractivity contribution is -0.113. The standard InChI is InChI=1S/C26H29N5O4S/c1-5-12-31-23(22(16(2)3)28-24(33)18-9-6-8-17(4)13-18)29-30-26(31)36-15-21(32)27-20-11-7-10-19(14-20)25(34)35/h5-11,13-14,16,22H,1,12,15H2,2-4H3,(H,27,32)(H,28,33)(H,34,35)/t22-/m1/s1. The van der Waals surface area contributed by atoms with Crippen molar-refractivity contribution in [2.24, 2.45) is 5.92 Å². The third-order valence-electron chi connectivity index (χ3n) is 5.29. The van der Waals surface area contributed by atoms with Gasteiger partial charge >= 0.3 is 5.97 Å². The molecule has 0 aliphatic rings. The highest BCUT2D eigenvalue weighted by Gasteiger charge is 2.26. The average Bonchev–Trinajstić information content (AvgIpc) is 3.23. The number of nitrogens with one attached hydrogen (secondary N) is 2. The zero-order valence-electron chi connectivity index (χ0n) is 20.4. The largest absolute Gasteiger partial charge is 0.478 e. The number of allylic oxidation sites excluding steroid dienone is 1. The van der Waals surface area contributed by atoms with Gasteiger partial charge in [-0.1, -0.05) is 55.4 Å². The van der Waals surface area contributed by atoms with Crippen molar-refractivity contribution >= 4 is 35.2 Å². The third kappa shape index (κ3) is 6.82. The second kappa shape index (κ2) is 12.2. The first kappa shape index (κ1) is 26.7. The number of rotatable bonds is 11. The van der Waals surface area contributed by atoms with Gasteiger partial charge in [0.1, 0.15) is 0 Å². The van der Waals surface area contributed by atoms with Crippen LogP contribution in [0.25, 0.3) is 0 Å². The topological polar surface area (TPSA) is 126 Å². The number of carbonyl (C=O) groups excluding carboxylic acids is 2. The van der Waals surface area contributed by atoms with Crippen LogP contribution in [-0.2, 0) is 11.3 Å². The van der Waals surface area contributed by atoms with E-state index in [4.69, 9.17) is 5.11 Å². The zero-order valence-corrected chi connectivity index (χ0v) is 21.2. The predicted molar refractivity (Wildman–Crippen MR) is 139 cm³/mol. The first-order valence-corrected chi connectivity index (χ1v) is 12.4. The number of aromatic nitrogens is 3. The van der Waals surface area contributed by atoms with E-state index in [9.17, 15) is 14.4 Å². The molecule has 3 aromatic rings. The maximum absolute atomic E-state index is 12.9. The van der Waals surface area contributed by atoms with Crippen LogP contribution in [-0.4, -0.2) is 43.4 Å². The van der Waals surface area contributed by atoms with E-state index in [2.05, 4.69) is 27.4 Å². The fraction of sp³-hybridized carbons (Fsp3) is 0.269. The van der Waals surface area contributed by atoms with Gasteiger partial charge < -0.3 is 20.3 Å². The van der Waals surface area contributed by atoms with E-state index in [1.165, 1.54) is 23.9 Å². The lowest BCUT2D eigenvalue weighted by Crippen LogP contribution is -2.34. The summed E-state index contributed by atoms with van der Waals surface area (Å²) in [7, 11) is 0. The summed E-state index contributed by atoms with van der Waals surface area (Å²) in [5, 5.41) is 24.0. The summed E-state index contributed by atoms with van der Waals surface area (Å²) in [6.45, 7) is 10.1. The molecule has 36 heavy (non-hydrogen) atoms. The number of benzene rings is 2.